The zero-order valence-electron chi connectivity index (χ0n) is 14.0. The number of imidazole rings is 1. The molecule has 1 fully saturated rings. The van der Waals surface area contributed by atoms with Crippen molar-refractivity contribution < 1.29 is 4.79 Å². The van der Waals surface area contributed by atoms with Crippen LogP contribution in [-0.4, -0.2) is 36.9 Å². The van der Waals surface area contributed by atoms with Gasteiger partial charge in [0.25, 0.3) is 5.91 Å². The van der Waals surface area contributed by atoms with Crippen molar-refractivity contribution in [2.24, 2.45) is 7.05 Å². The standard InChI is InChI=1S/C19H19N5O/c1-23-13-20-12-18(23)16-11-14(7-9-22-16)17-6-4-10-24(17)19(25)15-5-2-3-8-21-15/h2-3,5,7-9,11-13,17H,4,6,10H2,1H3/t17-/m0/s1. The Morgan fingerprint density at radius 2 is 2.12 bits per heavy atom. The van der Waals surface area contributed by atoms with E-state index in [2.05, 4.69) is 21.0 Å². The molecule has 0 saturated carbocycles. The zero-order valence-corrected chi connectivity index (χ0v) is 14.0. The molecular formula is C19H19N5O. The third-order valence-corrected chi connectivity index (χ3v) is 4.65. The number of pyridine rings is 2. The van der Waals surface area contributed by atoms with Gasteiger partial charge in [-0.15, -0.1) is 0 Å². The van der Waals surface area contributed by atoms with E-state index in [0.717, 1.165) is 36.3 Å². The molecule has 1 atom stereocenters. The van der Waals surface area contributed by atoms with E-state index >= 15 is 0 Å². The van der Waals surface area contributed by atoms with Gasteiger partial charge in [-0.05, 0) is 42.7 Å². The molecule has 3 aromatic rings. The van der Waals surface area contributed by atoms with E-state index in [1.54, 1.807) is 31.0 Å². The van der Waals surface area contributed by atoms with Crippen molar-refractivity contribution in [1.29, 1.82) is 0 Å². The first-order valence-corrected chi connectivity index (χ1v) is 8.38. The van der Waals surface area contributed by atoms with Crippen LogP contribution in [-0.2, 0) is 7.05 Å². The first-order chi connectivity index (χ1) is 12.2. The lowest BCUT2D eigenvalue weighted by Gasteiger charge is -2.25. The minimum absolute atomic E-state index is 0.0120. The maximum absolute atomic E-state index is 12.8. The molecule has 4 rings (SSSR count). The van der Waals surface area contributed by atoms with E-state index in [-0.39, 0.29) is 11.9 Å². The fourth-order valence-electron chi connectivity index (χ4n) is 3.39. The molecule has 0 unspecified atom stereocenters. The van der Waals surface area contributed by atoms with Gasteiger partial charge in [0.1, 0.15) is 5.69 Å². The van der Waals surface area contributed by atoms with Crippen molar-refractivity contribution >= 4 is 5.91 Å². The summed E-state index contributed by atoms with van der Waals surface area (Å²) in [7, 11) is 1.95. The zero-order chi connectivity index (χ0) is 17.2. The van der Waals surface area contributed by atoms with Crippen molar-refractivity contribution in [3.63, 3.8) is 0 Å². The van der Waals surface area contributed by atoms with Crippen molar-refractivity contribution in [2.75, 3.05) is 6.54 Å². The van der Waals surface area contributed by atoms with Crippen molar-refractivity contribution in [3.8, 4) is 11.4 Å². The second-order valence-corrected chi connectivity index (χ2v) is 6.24. The number of hydrogen-bond donors (Lipinski definition) is 0. The Labute approximate surface area is 146 Å². The van der Waals surface area contributed by atoms with Gasteiger partial charge in [-0.25, -0.2) is 4.98 Å². The Kier molecular flexibility index (Phi) is 4.01. The topological polar surface area (TPSA) is 63.9 Å². The van der Waals surface area contributed by atoms with Crippen LogP contribution in [0.25, 0.3) is 11.4 Å². The van der Waals surface area contributed by atoms with E-state index < -0.39 is 0 Å². The molecule has 1 saturated heterocycles. The highest BCUT2D eigenvalue weighted by Gasteiger charge is 2.31. The first kappa shape index (κ1) is 15.5. The maximum Gasteiger partial charge on any atom is 0.272 e. The second kappa shape index (κ2) is 6.47. The van der Waals surface area contributed by atoms with Crippen LogP contribution in [0.3, 0.4) is 0 Å². The predicted octanol–water partition coefficient (Wildman–Crippen LogP) is 2.85. The maximum atomic E-state index is 12.8. The molecule has 0 bridgehead atoms. The molecule has 0 N–H and O–H groups in total. The van der Waals surface area contributed by atoms with Gasteiger partial charge in [0.15, 0.2) is 0 Å². The van der Waals surface area contributed by atoms with E-state index in [9.17, 15) is 4.79 Å². The normalized spacial score (nSPS) is 17.0. The number of amides is 1. The molecule has 0 spiro atoms. The fraction of sp³-hybridized carbons (Fsp3) is 0.263. The Balaban J connectivity index is 1.65. The van der Waals surface area contributed by atoms with Gasteiger partial charge < -0.3 is 9.47 Å². The van der Waals surface area contributed by atoms with Gasteiger partial charge in [0.2, 0.25) is 0 Å². The van der Waals surface area contributed by atoms with Crippen LogP contribution in [0.1, 0.15) is 34.9 Å². The molecule has 0 radical (unpaired) electrons. The summed E-state index contributed by atoms with van der Waals surface area (Å²) in [4.78, 5) is 27.6. The highest BCUT2D eigenvalue weighted by Crippen LogP contribution is 2.34. The first-order valence-electron chi connectivity index (χ1n) is 8.38. The highest BCUT2D eigenvalue weighted by atomic mass is 16.2. The lowest BCUT2D eigenvalue weighted by atomic mass is 10.0. The average molecular weight is 333 g/mol. The monoisotopic (exact) mass is 333 g/mol. The number of likely N-dealkylation sites (tertiary alicyclic amines) is 1. The number of hydrogen-bond acceptors (Lipinski definition) is 4. The number of nitrogens with zero attached hydrogens (tertiary/aromatic N) is 5. The third kappa shape index (κ3) is 2.91. The van der Waals surface area contributed by atoms with Crippen molar-refractivity contribution in [2.45, 2.75) is 18.9 Å². The molecule has 1 aliphatic heterocycles. The number of rotatable bonds is 3. The molecule has 6 nitrogen and oxygen atoms in total. The van der Waals surface area contributed by atoms with E-state index in [1.807, 2.05) is 34.7 Å². The van der Waals surface area contributed by atoms with Gasteiger partial charge in [0.05, 0.1) is 30.0 Å². The van der Waals surface area contributed by atoms with Crippen LogP contribution < -0.4 is 0 Å². The lowest BCUT2D eigenvalue weighted by Crippen LogP contribution is -2.31. The summed E-state index contributed by atoms with van der Waals surface area (Å²) in [5.74, 6) is -0.0120. The summed E-state index contributed by atoms with van der Waals surface area (Å²) in [6.45, 7) is 0.753. The summed E-state index contributed by atoms with van der Waals surface area (Å²) in [6, 6.07) is 9.55. The van der Waals surface area contributed by atoms with Gasteiger partial charge in [0, 0.05) is 26.0 Å². The van der Waals surface area contributed by atoms with Crippen LogP contribution in [0.5, 0.6) is 0 Å². The summed E-state index contributed by atoms with van der Waals surface area (Å²) < 4.78 is 1.94. The number of aryl methyl sites for hydroxylation is 1. The quantitative estimate of drug-likeness (QED) is 0.739. The van der Waals surface area contributed by atoms with Crippen molar-refractivity contribution in [3.05, 3.63) is 66.5 Å². The minimum Gasteiger partial charge on any atom is -0.332 e. The largest absolute Gasteiger partial charge is 0.332 e. The van der Waals surface area contributed by atoms with Crippen LogP contribution in [0, 0.1) is 0 Å². The molecule has 6 heteroatoms. The summed E-state index contributed by atoms with van der Waals surface area (Å²) in [5, 5.41) is 0. The smallest absolute Gasteiger partial charge is 0.272 e. The Morgan fingerprint density at radius 3 is 2.88 bits per heavy atom. The molecule has 4 heterocycles. The van der Waals surface area contributed by atoms with Gasteiger partial charge in [-0.3, -0.25) is 14.8 Å². The number of carbonyl (C=O) groups is 1. The average Bonchev–Trinajstić information content (AvgIpc) is 3.31. The van der Waals surface area contributed by atoms with E-state index in [4.69, 9.17) is 0 Å². The molecular weight excluding hydrogens is 314 g/mol. The second-order valence-electron chi connectivity index (χ2n) is 6.24. The van der Waals surface area contributed by atoms with Gasteiger partial charge in [-0.1, -0.05) is 6.07 Å². The van der Waals surface area contributed by atoms with Crippen LogP contribution in [0.15, 0.2) is 55.2 Å². The molecule has 1 aliphatic rings. The third-order valence-electron chi connectivity index (χ3n) is 4.65. The Hall–Kier alpha value is -3.02. The molecule has 0 aromatic carbocycles. The predicted molar refractivity (Wildman–Crippen MR) is 93.7 cm³/mol. The Bertz CT molecular complexity index is 890. The minimum atomic E-state index is -0.0120. The Morgan fingerprint density at radius 1 is 1.20 bits per heavy atom. The summed E-state index contributed by atoms with van der Waals surface area (Å²) in [5.41, 5.74) is 3.43. The molecule has 3 aromatic heterocycles. The number of carbonyl (C=O) groups excluding carboxylic acids is 1. The van der Waals surface area contributed by atoms with E-state index in [1.165, 1.54) is 0 Å². The van der Waals surface area contributed by atoms with Crippen LogP contribution >= 0.6 is 0 Å². The van der Waals surface area contributed by atoms with Crippen LogP contribution in [0.2, 0.25) is 0 Å². The van der Waals surface area contributed by atoms with Crippen LogP contribution in [0.4, 0.5) is 0 Å². The SMILES string of the molecule is Cn1cncc1-c1cc([C@@H]2CCCN2C(=O)c2ccccn2)ccn1. The van der Waals surface area contributed by atoms with Gasteiger partial charge >= 0.3 is 0 Å². The van der Waals surface area contributed by atoms with Crippen molar-refractivity contribution in [1.82, 2.24) is 24.4 Å². The molecule has 0 aliphatic carbocycles. The number of aromatic nitrogens is 4. The highest BCUT2D eigenvalue weighted by molar-refractivity contribution is 5.92. The lowest BCUT2D eigenvalue weighted by molar-refractivity contribution is 0.0729. The summed E-state index contributed by atoms with van der Waals surface area (Å²) >= 11 is 0. The molecule has 25 heavy (non-hydrogen) atoms. The van der Waals surface area contributed by atoms with E-state index in [0.29, 0.717) is 5.69 Å². The summed E-state index contributed by atoms with van der Waals surface area (Å²) in [6.07, 6.45) is 8.97. The fourth-order valence-corrected chi connectivity index (χ4v) is 3.39. The molecule has 1 amide bonds. The molecule has 126 valence electrons. The van der Waals surface area contributed by atoms with Gasteiger partial charge in [-0.2, -0.15) is 0 Å².